The highest BCUT2D eigenvalue weighted by atomic mass is 32.1. The average molecular weight is 343 g/mol. The number of nitrogens with zero attached hydrogens (tertiary/aromatic N) is 1. The molecule has 2 N–H and O–H groups in total. The number of urea groups is 1. The number of hydrogen-bond acceptors (Lipinski definition) is 4. The van der Waals surface area contributed by atoms with Crippen molar-refractivity contribution in [3.05, 3.63) is 58.3 Å². The van der Waals surface area contributed by atoms with Crippen molar-refractivity contribution in [3.63, 3.8) is 0 Å². The van der Waals surface area contributed by atoms with Crippen LogP contribution >= 0.6 is 11.3 Å². The number of hydrazine groups is 1. The Morgan fingerprint density at radius 2 is 1.96 bits per heavy atom. The van der Waals surface area contributed by atoms with Crippen molar-refractivity contribution in [2.45, 2.75) is 25.3 Å². The lowest BCUT2D eigenvalue weighted by molar-refractivity contribution is -0.138. The summed E-state index contributed by atoms with van der Waals surface area (Å²) in [6.45, 7) is 1.63. The second-order valence-corrected chi connectivity index (χ2v) is 6.71. The summed E-state index contributed by atoms with van der Waals surface area (Å²) >= 11 is 1.57. The highest BCUT2D eigenvalue weighted by molar-refractivity contribution is 7.09. The van der Waals surface area contributed by atoms with Gasteiger partial charge in [-0.1, -0.05) is 36.4 Å². The van der Waals surface area contributed by atoms with Crippen LogP contribution in [0.25, 0.3) is 0 Å². The third-order valence-electron chi connectivity index (χ3n) is 3.96. The number of benzene rings is 1. The quantitative estimate of drug-likeness (QED) is 0.817. The Bertz CT molecular complexity index is 761. The summed E-state index contributed by atoms with van der Waals surface area (Å²) in [6.07, 6.45) is 0.780. The minimum absolute atomic E-state index is 0.208. The van der Waals surface area contributed by atoms with Crippen LogP contribution in [0.2, 0.25) is 0 Å². The van der Waals surface area contributed by atoms with Crippen molar-refractivity contribution < 1.29 is 14.4 Å². The number of carbonyl (C=O) groups excluding carboxylic acids is 3. The Hall–Kier alpha value is -2.67. The molecule has 124 valence electrons. The van der Waals surface area contributed by atoms with Crippen molar-refractivity contribution in [1.82, 2.24) is 15.8 Å². The van der Waals surface area contributed by atoms with E-state index in [9.17, 15) is 14.4 Å². The maximum atomic E-state index is 12.6. The molecule has 0 spiro atoms. The lowest BCUT2D eigenvalue weighted by atomic mass is 9.92. The molecule has 0 aliphatic carbocycles. The summed E-state index contributed by atoms with van der Waals surface area (Å²) in [7, 11) is 0. The summed E-state index contributed by atoms with van der Waals surface area (Å²) in [6, 6.07) is 12.2. The van der Waals surface area contributed by atoms with Crippen LogP contribution < -0.4 is 10.7 Å². The predicted octanol–water partition coefficient (Wildman–Crippen LogP) is 2.18. The molecule has 24 heavy (non-hydrogen) atoms. The van der Waals surface area contributed by atoms with E-state index in [-0.39, 0.29) is 12.3 Å². The highest BCUT2D eigenvalue weighted by Gasteiger charge is 2.49. The van der Waals surface area contributed by atoms with Gasteiger partial charge in [-0.2, -0.15) is 5.01 Å². The summed E-state index contributed by atoms with van der Waals surface area (Å²) < 4.78 is 0. The predicted molar refractivity (Wildman–Crippen MR) is 90.0 cm³/mol. The molecule has 7 heteroatoms. The van der Waals surface area contributed by atoms with Crippen LogP contribution in [0, 0.1) is 0 Å². The first kappa shape index (κ1) is 16.2. The maximum absolute atomic E-state index is 12.6. The van der Waals surface area contributed by atoms with Crippen molar-refractivity contribution in [2.75, 3.05) is 0 Å². The summed E-state index contributed by atoms with van der Waals surface area (Å²) in [4.78, 5) is 37.9. The van der Waals surface area contributed by atoms with Crippen LogP contribution in [0.3, 0.4) is 0 Å². The minimum atomic E-state index is -1.18. The van der Waals surface area contributed by atoms with Crippen LogP contribution in [-0.2, 0) is 21.5 Å². The fraction of sp³-hybridized carbons (Fsp3) is 0.235. The first-order valence-electron chi connectivity index (χ1n) is 7.55. The van der Waals surface area contributed by atoms with Gasteiger partial charge in [0.15, 0.2) is 0 Å². The number of nitrogens with one attached hydrogen (secondary N) is 2. The molecule has 2 aromatic rings. The SMILES string of the molecule is CC1(c2ccccc2)NC(=O)N(NC(=O)CCc2cccs2)C1=O. The van der Waals surface area contributed by atoms with Crippen LogP contribution in [0.4, 0.5) is 4.79 Å². The van der Waals surface area contributed by atoms with Gasteiger partial charge in [0.1, 0.15) is 5.54 Å². The van der Waals surface area contributed by atoms with E-state index in [1.807, 2.05) is 23.6 Å². The third kappa shape index (κ3) is 3.03. The molecule has 3 rings (SSSR count). The van der Waals surface area contributed by atoms with Crippen LogP contribution in [-0.4, -0.2) is 22.9 Å². The van der Waals surface area contributed by atoms with Gasteiger partial charge in [0, 0.05) is 11.3 Å². The standard InChI is InChI=1S/C17H17N3O3S/c1-17(12-6-3-2-4-7-12)15(22)20(16(23)18-17)19-14(21)10-9-13-8-5-11-24-13/h2-8,11H,9-10H2,1H3,(H,18,23)(H,19,21). The second-order valence-electron chi connectivity index (χ2n) is 5.68. The molecule has 1 aliphatic heterocycles. The molecule has 2 heterocycles. The van der Waals surface area contributed by atoms with Gasteiger partial charge in [0.25, 0.3) is 5.91 Å². The largest absolute Gasteiger partial charge is 0.344 e. The highest BCUT2D eigenvalue weighted by Crippen LogP contribution is 2.27. The van der Waals surface area contributed by atoms with Gasteiger partial charge in [-0.15, -0.1) is 11.3 Å². The molecule has 6 nitrogen and oxygen atoms in total. The van der Waals surface area contributed by atoms with Gasteiger partial charge in [-0.05, 0) is 30.4 Å². The normalized spacial score (nSPS) is 20.1. The Balaban J connectivity index is 1.67. The zero-order chi connectivity index (χ0) is 17.2. The smallest absolute Gasteiger partial charge is 0.318 e. The Kier molecular flexibility index (Phi) is 4.35. The molecule has 1 unspecified atom stereocenters. The van der Waals surface area contributed by atoms with E-state index >= 15 is 0 Å². The van der Waals surface area contributed by atoms with Crippen molar-refractivity contribution >= 4 is 29.2 Å². The average Bonchev–Trinajstić information content (AvgIpc) is 3.17. The zero-order valence-electron chi connectivity index (χ0n) is 13.1. The second kappa shape index (κ2) is 6.45. The molecule has 0 radical (unpaired) electrons. The number of rotatable bonds is 5. The molecule has 4 amide bonds. The van der Waals surface area contributed by atoms with E-state index in [4.69, 9.17) is 0 Å². The summed E-state index contributed by atoms with van der Waals surface area (Å²) in [5.41, 5.74) is 1.89. The van der Waals surface area contributed by atoms with E-state index in [0.717, 1.165) is 9.89 Å². The molecule has 1 atom stereocenters. The van der Waals surface area contributed by atoms with E-state index < -0.39 is 17.5 Å². The van der Waals surface area contributed by atoms with E-state index in [2.05, 4.69) is 10.7 Å². The number of carbonyl (C=O) groups is 3. The lowest BCUT2D eigenvalue weighted by Crippen LogP contribution is -2.47. The molecule has 1 aromatic carbocycles. The topological polar surface area (TPSA) is 78.5 Å². The summed E-state index contributed by atoms with van der Waals surface area (Å²) in [5, 5.41) is 5.35. The van der Waals surface area contributed by atoms with Gasteiger partial charge in [-0.25, -0.2) is 4.79 Å². The van der Waals surface area contributed by atoms with Crippen molar-refractivity contribution in [3.8, 4) is 0 Å². The number of aryl methyl sites for hydroxylation is 1. The summed E-state index contributed by atoms with van der Waals surface area (Å²) in [5.74, 6) is -0.868. The Labute approximate surface area is 143 Å². The monoisotopic (exact) mass is 343 g/mol. The van der Waals surface area contributed by atoms with Crippen LogP contribution in [0.15, 0.2) is 47.8 Å². The third-order valence-corrected chi connectivity index (χ3v) is 4.89. The van der Waals surface area contributed by atoms with Crippen molar-refractivity contribution in [1.29, 1.82) is 0 Å². The number of hydrogen-bond donors (Lipinski definition) is 2. The van der Waals surface area contributed by atoms with Gasteiger partial charge in [-0.3, -0.25) is 15.0 Å². The number of thiophene rings is 1. The minimum Gasteiger partial charge on any atom is -0.318 e. The van der Waals surface area contributed by atoms with Crippen LogP contribution in [0.1, 0.15) is 23.8 Å². The van der Waals surface area contributed by atoms with E-state index in [1.165, 1.54) is 0 Å². The maximum Gasteiger partial charge on any atom is 0.344 e. The number of amides is 4. The van der Waals surface area contributed by atoms with Gasteiger partial charge >= 0.3 is 6.03 Å². The molecule has 0 bridgehead atoms. The Morgan fingerprint density at radius 1 is 1.21 bits per heavy atom. The zero-order valence-corrected chi connectivity index (χ0v) is 13.9. The molecule has 1 fully saturated rings. The first-order chi connectivity index (χ1) is 11.5. The fourth-order valence-electron chi connectivity index (χ4n) is 2.58. The van der Waals surface area contributed by atoms with E-state index in [1.54, 1.807) is 42.5 Å². The van der Waals surface area contributed by atoms with Gasteiger partial charge in [0.2, 0.25) is 5.91 Å². The van der Waals surface area contributed by atoms with E-state index in [0.29, 0.717) is 12.0 Å². The lowest BCUT2D eigenvalue weighted by Gasteiger charge is -2.22. The molecule has 1 aliphatic rings. The Morgan fingerprint density at radius 3 is 2.62 bits per heavy atom. The molecular formula is C17H17N3O3S. The molecule has 0 saturated carbocycles. The molecule has 1 aromatic heterocycles. The first-order valence-corrected chi connectivity index (χ1v) is 8.43. The van der Waals surface area contributed by atoms with Gasteiger partial charge < -0.3 is 5.32 Å². The van der Waals surface area contributed by atoms with Crippen LogP contribution in [0.5, 0.6) is 0 Å². The number of imide groups is 1. The van der Waals surface area contributed by atoms with Gasteiger partial charge in [0.05, 0.1) is 0 Å². The van der Waals surface area contributed by atoms with Crippen molar-refractivity contribution in [2.24, 2.45) is 0 Å². The fourth-order valence-corrected chi connectivity index (χ4v) is 3.29. The molecular weight excluding hydrogens is 326 g/mol. The molecule has 1 saturated heterocycles.